The van der Waals surface area contributed by atoms with Gasteiger partial charge >= 0.3 is 0 Å². The monoisotopic (exact) mass is 237 g/mol. The fraction of sp³-hybridized carbons (Fsp3) is 1.00. The van der Waals surface area contributed by atoms with Crippen molar-refractivity contribution in [2.75, 3.05) is 12.0 Å². The van der Waals surface area contributed by atoms with Gasteiger partial charge < -0.3 is 0 Å². The highest BCUT2D eigenvalue weighted by Crippen LogP contribution is 2.28. The van der Waals surface area contributed by atoms with Gasteiger partial charge in [-0.25, -0.2) is 13.1 Å². The number of rotatable bonds is 5. The van der Waals surface area contributed by atoms with Crippen LogP contribution in [0.15, 0.2) is 0 Å². The van der Waals surface area contributed by atoms with Crippen LogP contribution in [0.5, 0.6) is 0 Å². The molecule has 0 bridgehead atoms. The molecule has 1 aliphatic rings. The highest BCUT2D eigenvalue weighted by atomic mass is 32.2. The summed E-state index contributed by atoms with van der Waals surface area (Å²) in [7, 11) is -3.02. The molecule has 84 valence electrons. The molecule has 2 unspecified atom stereocenters. The molecule has 0 aliphatic heterocycles. The van der Waals surface area contributed by atoms with Crippen molar-refractivity contribution in [3.8, 4) is 0 Å². The summed E-state index contributed by atoms with van der Waals surface area (Å²) in [6.45, 7) is 1.89. The molecular weight excluding hydrogens is 218 g/mol. The minimum absolute atomic E-state index is 0.168. The van der Waals surface area contributed by atoms with Crippen molar-refractivity contribution < 1.29 is 8.42 Å². The molecule has 1 N–H and O–H groups in total. The van der Waals surface area contributed by atoms with Gasteiger partial charge in [-0.15, -0.1) is 0 Å². The van der Waals surface area contributed by atoms with E-state index in [0.29, 0.717) is 11.7 Å². The molecule has 14 heavy (non-hydrogen) atoms. The maximum absolute atomic E-state index is 11.5. The fourth-order valence-corrected chi connectivity index (χ4v) is 4.32. The zero-order valence-corrected chi connectivity index (χ0v) is 10.5. The molecule has 0 aromatic rings. The quantitative estimate of drug-likeness (QED) is 0.790. The summed E-state index contributed by atoms with van der Waals surface area (Å²) in [5.74, 6) is 0.255. The van der Waals surface area contributed by atoms with Gasteiger partial charge in [0.2, 0.25) is 10.0 Å². The molecule has 0 aromatic carbocycles. The number of nitrogens with one attached hydrogen (secondary N) is 1. The van der Waals surface area contributed by atoms with Crippen molar-refractivity contribution in [1.29, 1.82) is 0 Å². The highest BCUT2D eigenvalue weighted by Gasteiger charge is 2.29. The average Bonchev–Trinajstić information content (AvgIpc) is 2.50. The van der Waals surface area contributed by atoms with E-state index < -0.39 is 10.0 Å². The van der Waals surface area contributed by atoms with E-state index in [2.05, 4.69) is 11.0 Å². The smallest absolute Gasteiger partial charge is 0.211 e. The van der Waals surface area contributed by atoms with Gasteiger partial charge in [-0.2, -0.15) is 11.8 Å². The lowest BCUT2D eigenvalue weighted by atomic mass is 10.3. The van der Waals surface area contributed by atoms with Gasteiger partial charge in [0, 0.05) is 11.3 Å². The van der Waals surface area contributed by atoms with E-state index in [9.17, 15) is 8.42 Å². The Kier molecular flexibility index (Phi) is 4.73. The van der Waals surface area contributed by atoms with Gasteiger partial charge in [0.05, 0.1) is 5.75 Å². The Hall–Kier alpha value is 0.260. The molecule has 0 heterocycles. The van der Waals surface area contributed by atoms with Gasteiger partial charge in [-0.1, -0.05) is 13.3 Å². The van der Waals surface area contributed by atoms with E-state index in [4.69, 9.17) is 0 Å². The number of sulfonamides is 1. The van der Waals surface area contributed by atoms with Crippen molar-refractivity contribution in [1.82, 2.24) is 4.72 Å². The Labute approximate surface area is 91.1 Å². The first kappa shape index (κ1) is 12.3. The first-order chi connectivity index (χ1) is 6.59. The second kappa shape index (κ2) is 5.37. The predicted octanol–water partition coefficient (Wildman–Crippen LogP) is 1.60. The second-order valence-corrected chi connectivity index (χ2v) is 6.70. The third-order valence-corrected chi connectivity index (χ3v) is 5.34. The summed E-state index contributed by atoms with van der Waals surface area (Å²) < 4.78 is 25.9. The van der Waals surface area contributed by atoms with Gasteiger partial charge in [0.15, 0.2) is 0 Å². The molecule has 2 atom stereocenters. The molecule has 1 aliphatic carbocycles. The molecule has 0 spiro atoms. The molecular formula is C9H19NO2S2. The van der Waals surface area contributed by atoms with Gasteiger partial charge in [0.1, 0.15) is 0 Å². The van der Waals surface area contributed by atoms with Crippen LogP contribution in [0.1, 0.15) is 32.6 Å². The molecule has 0 saturated heterocycles. The molecule has 0 radical (unpaired) electrons. The van der Waals surface area contributed by atoms with E-state index in [1.165, 1.54) is 0 Å². The van der Waals surface area contributed by atoms with Crippen LogP contribution in [0.3, 0.4) is 0 Å². The molecule has 3 nitrogen and oxygen atoms in total. The van der Waals surface area contributed by atoms with Crippen molar-refractivity contribution in [2.24, 2.45) is 0 Å². The molecule has 0 aromatic heterocycles. The lowest BCUT2D eigenvalue weighted by molar-refractivity contribution is 0.554. The van der Waals surface area contributed by atoms with Crippen LogP contribution < -0.4 is 4.72 Å². The van der Waals surface area contributed by atoms with Crippen molar-refractivity contribution in [3.05, 3.63) is 0 Å². The Balaban J connectivity index is 2.51. The van der Waals surface area contributed by atoms with Crippen LogP contribution >= 0.6 is 11.8 Å². The lowest BCUT2D eigenvalue weighted by Gasteiger charge is -2.18. The van der Waals surface area contributed by atoms with E-state index >= 15 is 0 Å². The Bertz CT molecular complexity index is 264. The summed E-state index contributed by atoms with van der Waals surface area (Å²) in [6.07, 6.45) is 6.02. The van der Waals surface area contributed by atoms with E-state index in [1.54, 1.807) is 11.8 Å². The van der Waals surface area contributed by atoms with Crippen molar-refractivity contribution in [2.45, 2.75) is 43.9 Å². The third-order valence-electron chi connectivity index (χ3n) is 2.56. The maximum atomic E-state index is 11.5. The number of hydrogen-bond acceptors (Lipinski definition) is 3. The third kappa shape index (κ3) is 3.44. The van der Waals surface area contributed by atoms with Gasteiger partial charge in [-0.05, 0) is 25.5 Å². The second-order valence-electron chi connectivity index (χ2n) is 3.75. The van der Waals surface area contributed by atoms with Crippen LogP contribution in [-0.2, 0) is 10.0 Å². The van der Waals surface area contributed by atoms with Crippen LogP contribution in [-0.4, -0.2) is 31.7 Å². The lowest BCUT2D eigenvalue weighted by Crippen LogP contribution is -2.39. The topological polar surface area (TPSA) is 46.2 Å². The van der Waals surface area contributed by atoms with Crippen molar-refractivity contribution in [3.63, 3.8) is 0 Å². The number of hydrogen-bond donors (Lipinski definition) is 1. The molecule has 5 heteroatoms. The molecule has 0 amide bonds. The summed E-state index contributed by atoms with van der Waals surface area (Å²) >= 11 is 1.77. The summed E-state index contributed by atoms with van der Waals surface area (Å²) in [6, 6.07) is 0.168. The average molecular weight is 237 g/mol. The predicted molar refractivity (Wildman–Crippen MR) is 62.2 cm³/mol. The fourth-order valence-electron chi connectivity index (χ4n) is 1.90. The van der Waals surface area contributed by atoms with Crippen LogP contribution in [0.4, 0.5) is 0 Å². The standard InChI is InChI=1S/C9H19NO2S2/c1-3-7-14(11,12)10-8-5-4-6-9(8)13-2/h8-10H,3-7H2,1-2H3. The molecule has 1 fully saturated rings. The zero-order valence-electron chi connectivity index (χ0n) is 8.82. The number of thioether (sulfide) groups is 1. The maximum Gasteiger partial charge on any atom is 0.211 e. The summed E-state index contributed by atoms with van der Waals surface area (Å²) in [5, 5.41) is 0.474. The SMILES string of the molecule is CCCS(=O)(=O)NC1CCCC1SC. The zero-order chi connectivity index (χ0) is 10.6. The summed E-state index contributed by atoms with van der Waals surface area (Å²) in [5.41, 5.74) is 0. The minimum atomic E-state index is -3.02. The van der Waals surface area contributed by atoms with E-state index in [0.717, 1.165) is 19.3 Å². The first-order valence-electron chi connectivity index (χ1n) is 5.12. The Morgan fingerprint density at radius 1 is 1.43 bits per heavy atom. The van der Waals surface area contributed by atoms with Crippen LogP contribution in [0, 0.1) is 0 Å². The van der Waals surface area contributed by atoms with Crippen LogP contribution in [0.2, 0.25) is 0 Å². The van der Waals surface area contributed by atoms with E-state index in [1.807, 2.05) is 6.92 Å². The summed E-state index contributed by atoms with van der Waals surface area (Å²) in [4.78, 5) is 0. The highest BCUT2D eigenvalue weighted by molar-refractivity contribution is 7.99. The largest absolute Gasteiger partial charge is 0.212 e. The van der Waals surface area contributed by atoms with E-state index in [-0.39, 0.29) is 11.8 Å². The van der Waals surface area contributed by atoms with Crippen molar-refractivity contribution >= 4 is 21.8 Å². The van der Waals surface area contributed by atoms with Gasteiger partial charge in [0.25, 0.3) is 0 Å². The minimum Gasteiger partial charge on any atom is -0.212 e. The molecule has 1 rings (SSSR count). The Morgan fingerprint density at radius 2 is 2.14 bits per heavy atom. The molecule has 1 saturated carbocycles. The first-order valence-corrected chi connectivity index (χ1v) is 8.06. The Morgan fingerprint density at radius 3 is 2.71 bits per heavy atom. The van der Waals surface area contributed by atoms with Crippen LogP contribution in [0.25, 0.3) is 0 Å². The normalized spacial score (nSPS) is 28.1. The van der Waals surface area contributed by atoms with Gasteiger partial charge in [-0.3, -0.25) is 0 Å².